The number of fused-ring (bicyclic) bond motifs is 3. The number of nitrogens with zero attached hydrogens (tertiary/aromatic N) is 2. The Morgan fingerprint density at radius 2 is 2.31 bits per heavy atom. The van der Waals surface area contributed by atoms with Crippen molar-refractivity contribution < 1.29 is 9.72 Å². The highest BCUT2D eigenvalue weighted by molar-refractivity contribution is 8.01. The van der Waals surface area contributed by atoms with Crippen LogP contribution in [0.15, 0.2) is 22.5 Å². The maximum Gasteiger partial charge on any atom is 0.270 e. The number of carbonyl (C=O) groups excluding carboxylic acids is 1. The lowest BCUT2D eigenvalue weighted by Gasteiger charge is -2.28. The molecule has 6 nitrogen and oxygen atoms in total. The maximum atomic E-state index is 12.3. The van der Waals surface area contributed by atoms with Gasteiger partial charge in [-0.15, -0.1) is 11.3 Å². The van der Waals surface area contributed by atoms with Gasteiger partial charge in [-0.25, -0.2) is 4.98 Å². The summed E-state index contributed by atoms with van der Waals surface area (Å²) in [6.45, 7) is 2.13. The standard InChI is InChI=1S/C18H21N3O3S2/c1-10(14-7-11-2-3-12(14)6-11)19-17(22)9-25-18-20-15-5-4-13(21(23)24)8-16(15)26-18/h4-5,8,10-12,14H,2-3,6-7,9H2,1H3,(H,19,22)/t10-,11-,12-,14-/m1/s1. The first-order valence-electron chi connectivity index (χ1n) is 8.96. The highest BCUT2D eigenvalue weighted by Gasteiger charge is 2.42. The molecule has 2 fully saturated rings. The number of nitro benzene ring substituents is 1. The summed E-state index contributed by atoms with van der Waals surface area (Å²) >= 11 is 2.79. The van der Waals surface area contributed by atoms with E-state index in [-0.39, 0.29) is 17.6 Å². The first-order chi connectivity index (χ1) is 12.5. The van der Waals surface area contributed by atoms with Crippen LogP contribution in [-0.4, -0.2) is 27.6 Å². The fourth-order valence-electron chi connectivity index (χ4n) is 4.50. The summed E-state index contributed by atoms with van der Waals surface area (Å²) in [5.74, 6) is 2.67. The summed E-state index contributed by atoms with van der Waals surface area (Å²) in [6.07, 6.45) is 5.29. The summed E-state index contributed by atoms with van der Waals surface area (Å²) < 4.78 is 1.54. The minimum Gasteiger partial charge on any atom is -0.353 e. The Labute approximate surface area is 159 Å². The second-order valence-electron chi connectivity index (χ2n) is 7.37. The van der Waals surface area contributed by atoms with Crippen LogP contribution in [0.2, 0.25) is 0 Å². The zero-order valence-corrected chi connectivity index (χ0v) is 16.1. The van der Waals surface area contributed by atoms with Crippen LogP contribution in [0.1, 0.15) is 32.6 Å². The number of amides is 1. The number of thiazole rings is 1. The van der Waals surface area contributed by atoms with E-state index < -0.39 is 4.92 Å². The van der Waals surface area contributed by atoms with E-state index in [2.05, 4.69) is 17.2 Å². The van der Waals surface area contributed by atoms with Crippen molar-refractivity contribution in [3.05, 3.63) is 28.3 Å². The van der Waals surface area contributed by atoms with Crippen molar-refractivity contribution in [1.82, 2.24) is 10.3 Å². The molecule has 4 rings (SSSR count). The second-order valence-corrected chi connectivity index (χ2v) is 9.63. The van der Waals surface area contributed by atoms with Crippen molar-refractivity contribution in [3.63, 3.8) is 0 Å². The molecule has 0 radical (unpaired) electrons. The number of carbonyl (C=O) groups is 1. The van der Waals surface area contributed by atoms with Crippen molar-refractivity contribution in [2.24, 2.45) is 17.8 Å². The number of hydrogen-bond acceptors (Lipinski definition) is 6. The number of nitro groups is 1. The molecule has 2 bridgehead atoms. The Bertz CT molecular complexity index is 853. The lowest BCUT2D eigenvalue weighted by molar-refractivity contribution is -0.384. The monoisotopic (exact) mass is 391 g/mol. The molecule has 2 aliphatic carbocycles. The highest BCUT2D eigenvalue weighted by atomic mass is 32.2. The van der Waals surface area contributed by atoms with E-state index in [1.807, 2.05) is 0 Å². The number of nitrogens with one attached hydrogen (secondary N) is 1. The van der Waals surface area contributed by atoms with Crippen LogP contribution in [0, 0.1) is 27.9 Å². The number of benzene rings is 1. The third kappa shape index (κ3) is 3.57. The second kappa shape index (κ2) is 7.15. The topological polar surface area (TPSA) is 85.1 Å². The number of aromatic nitrogens is 1. The molecule has 1 heterocycles. The number of non-ortho nitro benzene ring substituents is 1. The Hall–Kier alpha value is -1.67. The van der Waals surface area contributed by atoms with Gasteiger partial charge in [0.15, 0.2) is 4.34 Å². The molecular formula is C18H21N3O3S2. The maximum absolute atomic E-state index is 12.3. The van der Waals surface area contributed by atoms with Crippen molar-refractivity contribution in [3.8, 4) is 0 Å². The van der Waals surface area contributed by atoms with Crippen LogP contribution < -0.4 is 5.32 Å². The molecule has 1 N–H and O–H groups in total. The van der Waals surface area contributed by atoms with Crippen molar-refractivity contribution in [2.45, 2.75) is 43.0 Å². The van der Waals surface area contributed by atoms with Gasteiger partial charge in [0.05, 0.1) is 20.9 Å². The Morgan fingerprint density at radius 1 is 1.46 bits per heavy atom. The molecule has 0 saturated heterocycles. The molecule has 1 aromatic carbocycles. The first-order valence-corrected chi connectivity index (χ1v) is 10.8. The van der Waals surface area contributed by atoms with Crippen molar-refractivity contribution >= 4 is 44.9 Å². The summed E-state index contributed by atoms with van der Waals surface area (Å²) in [4.78, 5) is 27.2. The van der Waals surface area contributed by atoms with E-state index >= 15 is 0 Å². The molecule has 1 aromatic heterocycles. The third-order valence-corrected chi connectivity index (χ3v) is 7.87. The van der Waals surface area contributed by atoms with Gasteiger partial charge in [0.2, 0.25) is 5.91 Å². The predicted octanol–water partition coefficient (Wildman–Crippen LogP) is 4.24. The van der Waals surface area contributed by atoms with Crippen LogP contribution in [0.25, 0.3) is 10.2 Å². The first kappa shape index (κ1) is 17.7. The van der Waals surface area contributed by atoms with Crippen LogP contribution in [-0.2, 0) is 4.79 Å². The van der Waals surface area contributed by atoms with Crippen molar-refractivity contribution in [2.75, 3.05) is 5.75 Å². The van der Waals surface area contributed by atoms with Crippen LogP contribution >= 0.6 is 23.1 Å². The lowest BCUT2D eigenvalue weighted by Crippen LogP contribution is -2.40. The molecule has 138 valence electrons. The van der Waals surface area contributed by atoms with E-state index in [4.69, 9.17) is 0 Å². The zero-order chi connectivity index (χ0) is 18.3. The van der Waals surface area contributed by atoms with E-state index in [1.165, 1.54) is 60.9 Å². The molecule has 26 heavy (non-hydrogen) atoms. The average molecular weight is 392 g/mol. The van der Waals surface area contributed by atoms with Crippen LogP contribution in [0.5, 0.6) is 0 Å². The third-order valence-electron chi connectivity index (χ3n) is 5.71. The molecule has 2 aromatic rings. The minimum absolute atomic E-state index is 0.0375. The van der Waals surface area contributed by atoms with E-state index in [0.717, 1.165) is 26.4 Å². The van der Waals surface area contributed by atoms with Crippen LogP contribution in [0.3, 0.4) is 0 Å². The highest BCUT2D eigenvalue weighted by Crippen LogP contribution is 2.49. The van der Waals surface area contributed by atoms with Gasteiger partial charge in [0.1, 0.15) is 0 Å². The molecule has 2 saturated carbocycles. The SMILES string of the molecule is C[C@@H](NC(=O)CSc1nc2ccc([N+](=O)[O-])cc2s1)[C@H]1C[C@@H]2CC[C@@H]1C2. The van der Waals surface area contributed by atoms with Crippen LogP contribution in [0.4, 0.5) is 5.69 Å². The quantitative estimate of drug-likeness (QED) is 0.452. The van der Waals surface area contributed by atoms with Crippen molar-refractivity contribution in [1.29, 1.82) is 0 Å². The largest absolute Gasteiger partial charge is 0.353 e. The lowest BCUT2D eigenvalue weighted by atomic mass is 9.84. The van der Waals surface area contributed by atoms with Gasteiger partial charge >= 0.3 is 0 Å². The van der Waals surface area contributed by atoms with Gasteiger partial charge in [-0.1, -0.05) is 18.2 Å². The molecule has 0 spiro atoms. The molecular weight excluding hydrogens is 370 g/mol. The molecule has 0 unspecified atom stereocenters. The minimum atomic E-state index is -0.406. The predicted molar refractivity (Wildman–Crippen MR) is 104 cm³/mol. The fraction of sp³-hybridized carbons (Fsp3) is 0.556. The Balaban J connectivity index is 1.32. The van der Waals surface area contributed by atoms with E-state index in [0.29, 0.717) is 11.7 Å². The summed E-state index contributed by atoms with van der Waals surface area (Å²) in [6, 6.07) is 4.89. The summed E-state index contributed by atoms with van der Waals surface area (Å²) in [7, 11) is 0. The molecule has 4 atom stereocenters. The van der Waals surface area contributed by atoms with Gasteiger partial charge < -0.3 is 5.32 Å². The zero-order valence-electron chi connectivity index (χ0n) is 14.5. The summed E-state index contributed by atoms with van der Waals surface area (Å²) in [5.41, 5.74) is 0.800. The molecule has 1 amide bonds. The fourth-order valence-corrected chi connectivity index (χ4v) is 6.42. The van der Waals surface area contributed by atoms with E-state index in [1.54, 1.807) is 6.07 Å². The van der Waals surface area contributed by atoms with Gasteiger partial charge in [-0.3, -0.25) is 14.9 Å². The van der Waals surface area contributed by atoms with Gasteiger partial charge in [0.25, 0.3) is 5.69 Å². The normalized spacial score (nSPS) is 25.5. The number of rotatable bonds is 6. The average Bonchev–Trinajstić information content (AvgIpc) is 3.33. The van der Waals surface area contributed by atoms with Gasteiger partial charge in [-0.05, 0) is 50.0 Å². The van der Waals surface area contributed by atoms with E-state index in [9.17, 15) is 14.9 Å². The Morgan fingerprint density at radius 3 is 3.00 bits per heavy atom. The number of hydrogen-bond donors (Lipinski definition) is 1. The molecule has 2 aliphatic rings. The Kier molecular flexibility index (Phi) is 4.88. The molecule has 8 heteroatoms. The summed E-state index contributed by atoms with van der Waals surface area (Å²) in [5, 5.41) is 14.0. The molecule has 0 aliphatic heterocycles. The van der Waals surface area contributed by atoms with Gasteiger partial charge in [0, 0.05) is 18.2 Å². The number of thioether (sulfide) groups is 1. The smallest absolute Gasteiger partial charge is 0.270 e. The van der Waals surface area contributed by atoms with Gasteiger partial charge in [-0.2, -0.15) is 0 Å².